The maximum absolute atomic E-state index is 13.1. The van der Waals surface area contributed by atoms with Crippen molar-refractivity contribution in [2.75, 3.05) is 11.1 Å². The predicted molar refractivity (Wildman–Crippen MR) is 149 cm³/mol. The molecular formula is C28H28N6O3S. The van der Waals surface area contributed by atoms with Gasteiger partial charge >= 0.3 is 0 Å². The van der Waals surface area contributed by atoms with Gasteiger partial charge in [-0.1, -0.05) is 66.4 Å². The molecule has 1 amide bonds. The third kappa shape index (κ3) is 4.95. The van der Waals surface area contributed by atoms with Crippen molar-refractivity contribution in [1.82, 2.24) is 24.1 Å². The molecule has 0 saturated carbocycles. The minimum Gasteiger partial charge on any atom is -0.485 e. The Morgan fingerprint density at radius 1 is 1.00 bits per heavy atom. The van der Waals surface area contributed by atoms with Crippen LogP contribution >= 0.6 is 11.8 Å². The third-order valence-electron chi connectivity index (χ3n) is 6.37. The number of rotatable bonds is 9. The van der Waals surface area contributed by atoms with E-state index in [1.807, 2.05) is 84.3 Å². The van der Waals surface area contributed by atoms with E-state index in [0.29, 0.717) is 23.2 Å². The summed E-state index contributed by atoms with van der Waals surface area (Å²) in [5.41, 5.74) is 1.39. The fourth-order valence-corrected chi connectivity index (χ4v) is 5.15. The zero-order valence-electron chi connectivity index (χ0n) is 21.4. The predicted octanol–water partition coefficient (Wildman–Crippen LogP) is 4.56. The zero-order valence-corrected chi connectivity index (χ0v) is 22.2. The third-order valence-corrected chi connectivity index (χ3v) is 7.33. The zero-order chi connectivity index (χ0) is 26.6. The van der Waals surface area contributed by atoms with Gasteiger partial charge in [-0.3, -0.25) is 14.3 Å². The standard InChI is InChI=1S/C28H28N6O3S/c1-4-33-24(17-37-23-16-10-12-20-11-8-9-15-22(20)23)30-31-28(33)38-18-25(35)29-26-19(2)32(3)34(27(26)36)21-13-6-5-7-14-21/h5-16H,4,17-18H2,1-3H3,(H,29,35). The van der Waals surface area contributed by atoms with E-state index in [0.717, 1.165) is 22.2 Å². The summed E-state index contributed by atoms with van der Waals surface area (Å²) in [7, 11) is 1.79. The van der Waals surface area contributed by atoms with Crippen LogP contribution < -0.4 is 15.6 Å². The first-order valence-corrected chi connectivity index (χ1v) is 13.3. The molecule has 2 heterocycles. The number of fused-ring (bicyclic) bond motifs is 1. The molecule has 0 aliphatic rings. The molecule has 0 atom stereocenters. The van der Waals surface area contributed by atoms with Crippen molar-refractivity contribution in [2.45, 2.75) is 32.2 Å². The average Bonchev–Trinajstić information content (AvgIpc) is 3.44. The van der Waals surface area contributed by atoms with Gasteiger partial charge < -0.3 is 14.6 Å². The van der Waals surface area contributed by atoms with E-state index in [4.69, 9.17) is 4.74 Å². The summed E-state index contributed by atoms with van der Waals surface area (Å²) in [5.74, 6) is 1.25. The number of ether oxygens (including phenoxy) is 1. The number of anilines is 1. The second-order valence-electron chi connectivity index (χ2n) is 8.68. The van der Waals surface area contributed by atoms with Crippen LogP contribution in [0.2, 0.25) is 0 Å². The number of nitrogens with one attached hydrogen (secondary N) is 1. The quantitative estimate of drug-likeness (QED) is 0.282. The van der Waals surface area contributed by atoms with Gasteiger partial charge in [0.05, 0.1) is 17.1 Å². The van der Waals surface area contributed by atoms with Crippen LogP contribution in [0.5, 0.6) is 5.75 Å². The molecule has 0 spiro atoms. The molecule has 194 valence electrons. The second-order valence-corrected chi connectivity index (χ2v) is 9.62. The summed E-state index contributed by atoms with van der Waals surface area (Å²) in [6.45, 7) is 4.68. The Morgan fingerprint density at radius 2 is 1.74 bits per heavy atom. The lowest BCUT2D eigenvalue weighted by Gasteiger charge is -2.10. The van der Waals surface area contributed by atoms with Crippen LogP contribution in [-0.4, -0.2) is 35.8 Å². The summed E-state index contributed by atoms with van der Waals surface area (Å²) in [5, 5.41) is 14.1. The molecule has 2 aromatic heterocycles. The van der Waals surface area contributed by atoms with Gasteiger partial charge in [0.2, 0.25) is 5.91 Å². The Hall–Kier alpha value is -4.31. The van der Waals surface area contributed by atoms with Crippen LogP contribution in [0.15, 0.2) is 82.7 Å². The van der Waals surface area contributed by atoms with E-state index >= 15 is 0 Å². The van der Waals surface area contributed by atoms with E-state index < -0.39 is 0 Å². The summed E-state index contributed by atoms with van der Waals surface area (Å²) in [4.78, 5) is 25.9. The molecule has 3 aromatic carbocycles. The summed E-state index contributed by atoms with van der Waals surface area (Å²) >= 11 is 1.27. The van der Waals surface area contributed by atoms with E-state index in [-0.39, 0.29) is 29.5 Å². The molecule has 38 heavy (non-hydrogen) atoms. The normalized spacial score (nSPS) is 11.1. The molecule has 5 rings (SSSR count). The summed E-state index contributed by atoms with van der Waals surface area (Å²) in [6, 6.07) is 23.3. The van der Waals surface area contributed by atoms with Gasteiger partial charge in [-0.2, -0.15) is 0 Å². The molecule has 0 bridgehead atoms. The maximum Gasteiger partial charge on any atom is 0.295 e. The van der Waals surface area contributed by atoms with Crippen molar-refractivity contribution < 1.29 is 9.53 Å². The second kappa shape index (κ2) is 11.0. The van der Waals surface area contributed by atoms with Gasteiger partial charge in [-0.05, 0) is 37.4 Å². The minimum atomic E-state index is -0.291. The van der Waals surface area contributed by atoms with Crippen molar-refractivity contribution in [3.05, 3.63) is 94.7 Å². The highest BCUT2D eigenvalue weighted by Gasteiger charge is 2.19. The Bertz CT molecular complexity index is 1650. The molecule has 0 unspecified atom stereocenters. The number of benzene rings is 3. The highest BCUT2D eigenvalue weighted by Crippen LogP contribution is 2.26. The van der Waals surface area contributed by atoms with Crippen molar-refractivity contribution in [3.63, 3.8) is 0 Å². The molecule has 5 aromatic rings. The van der Waals surface area contributed by atoms with E-state index in [1.54, 1.807) is 18.7 Å². The SMILES string of the molecule is CCn1c(COc2cccc3ccccc23)nnc1SCC(=O)Nc1c(C)n(C)n(-c2ccccc2)c1=O. The molecule has 0 saturated heterocycles. The lowest BCUT2D eigenvalue weighted by Crippen LogP contribution is -2.23. The van der Waals surface area contributed by atoms with E-state index in [1.165, 1.54) is 16.4 Å². The van der Waals surface area contributed by atoms with Crippen LogP contribution in [0.1, 0.15) is 18.4 Å². The van der Waals surface area contributed by atoms with Gasteiger partial charge in [0.15, 0.2) is 11.0 Å². The number of hydrogen-bond acceptors (Lipinski definition) is 6. The Labute approximate surface area is 224 Å². The van der Waals surface area contributed by atoms with Crippen molar-refractivity contribution >= 4 is 34.1 Å². The average molecular weight is 529 g/mol. The number of hydrogen-bond donors (Lipinski definition) is 1. The highest BCUT2D eigenvalue weighted by atomic mass is 32.2. The van der Waals surface area contributed by atoms with Crippen LogP contribution in [0, 0.1) is 6.92 Å². The first-order valence-electron chi connectivity index (χ1n) is 12.3. The van der Waals surface area contributed by atoms with Crippen LogP contribution in [0.4, 0.5) is 5.69 Å². The lowest BCUT2D eigenvalue weighted by molar-refractivity contribution is -0.113. The molecule has 0 fully saturated rings. The molecule has 0 aliphatic heterocycles. The number of aromatic nitrogens is 5. The molecule has 0 aliphatic carbocycles. The monoisotopic (exact) mass is 528 g/mol. The minimum absolute atomic E-state index is 0.0847. The molecule has 0 radical (unpaired) electrons. The van der Waals surface area contributed by atoms with E-state index in [2.05, 4.69) is 15.5 Å². The number of carbonyl (C=O) groups excluding carboxylic acids is 1. The topological polar surface area (TPSA) is 96.0 Å². The van der Waals surface area contributed by atoms with Crippen LogP contribution in [0.3, 0.4) is 0 Å². The van der Waals surface area contributed by atoms with Gasteiger partial charge in [0, 0.05) is 19.0 Å². The highest BCUT2D eigenvalue weighted by molar-refractivity contribution is 7.99. The molecule has 10 heteroatoms. The smallest absolute Gasteiger partial charge is 0.295 e. The lowest BCUT2D eigenvalue weighted by atomic mass is 10.1. The number of amides is 1. The van der Waals surface area contributed by atoms with E-state index in [9.17, 15) is 9.59 Å². The Balaban J connectivity index is 1.26. The van der Waals surface area contributed by atoms with Gasteiger partial charge in [0.25, 0.3) is 5.56 Å². The summed E-state index contributed by atoms with van der Waals surface area (Å²) < 4.78 is 11.3. The maximum atomic E-state index is 13.1. The largest absolute Gasteiger partial charge is 0.485 e. The number of para-hydroxylation sites is 1. The molecule has 9 nitrogen and oxygen atoms in total. The fraction of sp³-hybridized carbons (Fsp3) is 0.214. The van der Waals surface area contributed by atoms with Gasteiger partial charge in [-0.25, -0.2) is 4.68 Å². The first-order chi connectivity index (χ1) is 18.5. The van der Waals surface area contributed by atoms with Crippen molar-refractivity contribution in [3.8, 4) is 11.4 Å². The number of thioether (sulfide) groups is 1. The molecule has 1 N–H and O–H groups in total. The number of nitrogens with zero attached hydrogens (tertiary/aromatic N) is 5. The summed E-state index contributed by atoms with van der Waals surface area (Å²) in [6.07, 6.45) is 0. The fourth-order valence-electron chi connectivity index (χ4n) is 4.33. The number of carbonyl (C=O) groups is 1. The Morgan fingerprint density at radius 3 is 2.53 bits per heavy atom. The van der Waals surface area contributed by atoms with Crippen LogP contribution in [0.25, 0.3) is 16.5 Å². The van der Waals surface area contributed by atoms with Crippen molar-refractivity contribution in [1.29, 1.82) is 0 Å². The molecular weight excluding hydrogens is 500 g/mol. The van der Waals surface area contributed by atoms with Gasteiger partial charge in [0.1, 0.15) is 18.0 Å². The van der Waals surface area contributed by atoms with Gasteiger partial charge in [-0.15, -0.1) is 10.2 Å². The first kappa shape index (κ1) is 25.3. The van der Waals surface area contributed by atoms with Crippen LogP contribution in [-0.2, 0) is 25.0 Å². The Kier molecular flexibility index (Phi) is 7.32. The van der Waals surface area contributed by atoms with Crippen molar-refractivity contribution in [2.24, 2.45) is 7.05 Å².